The van der Waals surface area contributed by atoms with Crippen molar-refractivity contribution in [3.05, 3.63) is 23.8 Å². The lowest BCUT2D eigenvalue weighted by Crippen LogP contribution is -1.96. The fraction of sp³-hybridized carbons (Fsp3) is 0.583. The van der Waals surface area contributed by atoms with Gasteiger partial charge in [0.15, 0.2) is 0 Å². The lowest BCUT2D eigenvalue weighted by molar-refractivity contribution is -0.134. The fourth-order valence-electron chi connectivity index (χ4n) is 1.04. The maximum atomic E-state index is 10.8. The van der Waals surface area contributed by atoms with Gasteiger partial charge in [-0.3, -0.25) is 0 Å². The summed E-state index contributed by atoms with van der Waals surface area (Å²) in [6.45, 7) is 6.28. The summed E-state index contributed by atoms with van der Waals surface area (Å²) in [5.74, 6) is 0.142. The zero-order valence-electron chi connectivity index (χ0n) is 9.54. The molecule has 0 saturated heterocycles. The Bertz CT molecular complexity index is 222. The van der Waals surface area contributed by atoms with Gasteiger partial charge in [0.25, 0.3) is 0 Å². The van der Waals surface area contributed by atoms with Gasteiger partial charge in [0.1, 0.15) is 0 Å². The monoisotopic (exact) mass is 196 g/mol. The van der Waals surface area contributed by atoms with E-state index in [1.807, 2.05) is 6.08 Å². The van der Waals surface area contributed by atoms with Crippen molar-refractivity contribution in [2.24, 2.45) is 5.92 Å². The van der Waals surface area contributed by atoms with Crippen LogP contribution in [0, 0.1) is 5.92 Å². The minimum atomic E-state index is -0.279. The predicted molar refractivity (Wildman–Crippen MR) is 59.0 cm³/mol. The Morgan fingerprint density at radius 3 is 2.57 bits per heavy atom. The average Bonchev–Trinajstić information content (AvgIpc) is 2.13. The summed E-state index contributed by atoms with van der Waals surface area (Å²) in [7, 11) is 1.39. The molecule has 0 aliphatic carbocycles. The van der Waals surface area contributed by atoms with E-state index in [1.165, 1.54) is 18.8 Å². The Balaban J connectivity index is 3.75. The molecule has 0 aromatic carbocycles. The summed E-state index contributed by atoms with van der Waals surface area (Å²) >= 11 is 0. The van der Waals surface area contributed by atoms with E-state index >= 15 is 0 Å². The molecular weight excluding hydrogens is 176 g/mol. The zero-order valence-corrected chi connectivity index (χ0v) is 9.54. The second kappa shape index (κ2) is 7.36. The van der Waals surface area contributed by atoms with Gasteiger partial charge in [-0.05, 0) is 32.6 Å². The first kappa shape index (κ1) is 12.9. The molecule has 80 valence electrons. The molecule has 2 nitrogen and oxygen atoms in total. The van der Waals surface area contributed by atoms with Crippen LogP contribution in [0.2, 0.25) is 0 Å². The largest absolute Gasteiger partial charge is 0.466 e. The van der Waals surface area contributed by atoms with Gasteiger partial charge in [-0.2, -0.15) is 0 Å². The maximum absolute atomic E-state index is 10.8. The van der Waals surface area contributed by atoms with Gasteiger partial charge >= 0.3 is 5.97 Å². The van der Waals surface area contributed by atoms with E-state index in [-0.39, 0.29) is 5.97 Å². The number of rotatable bonds is 5. The molecule has 0 amide bonds. The van der Waals surface area contributed by atoms with Gasteiger partial charge in [-0.15, -0.1) is 0 Å². The average molecular weight is 196 g/mol. The van der Waals surface area contributed by atoms with Crippen molar-refractivity contribution < 1.29 is 9.53 Å². The van der Waals surface area contributed by atoms with Gasteiger partial charge in [0, 0.05) is 6.08 Å². The summed E-state index contributed by atoms with van der Waals surface area (Å²) in [6.07, 6.45) is 7.73. The molecule has 2 heteroatoms. The topological polar surface area (TPSA) is 26.3 Å². The molecule has 1 atom stereocenters. The molecule has 14 heavy (non-hydrogen) atoms. The summed E-state index contributed by atoms with van der Waals surface area (Å²) in [6, 6.07) is 0. The third kappa shape index (κ3) is 7.59. The second-order valence-electron chi connectivity index (χ2n) is 3.72. The molecule has 0 bridgehead atoms. The van der Waals surface area contributed by atoms with Gasteiger partial charge in [0.05, 0.1) is 7.11 Å². The Morgan fingerprint density at radius 1 is 1.43 bits per heavy atom. The second-order valence-corrected chi connectivity index (χ2v) is 3.72. The van der Waals surface area contributed by atoms with E-state index in [4.69, 9.17) is 0 Å². The third-order valence-corrected chi connectivity index (χ3v) is 1.94. The summed E-state index contributed by atoms with van der Waals surface area (Å²) in [4.78, 5) is 10.8. The highest BCUT2D eigenvalue weighted by atomic mass is 16.5. The normalized spacial score (nSPS) is 12.6. The van der Waals surface area contributed by atoms with Crippen molar-refractivity contribution in [3.8, 4) is 0 Å². The summed E-state index contributed by atoms with van der Waals surface area (Å²) in [5.41, 5.74) is 1.34. The number of carbonyl (C=O) groups is 1. The van der Waals surface area contributed by atoms with E-state index in [9.17, 15) is 4.79 Å². The van der Waals surface area contributed by atoms with Crippen LogP contribution in [0.5, 0.6) is 0 Å². The molecule has 0 aliphatic rings. The van der Waals surface area contributed by atoms with Crippen LogP contribution in [0.15, 0.2) is 23.8 Å². The third-order valence-electron chi connectivity index (χ3n) is 1.94. The molecule has 0 N–H and O–H groups in total. The standard InChI is InChI=1S/C12H20O2/c1-10(2)6-5-7-11(3)8-9-12(13)14-4/h6,8-9,11H,5,7H2,1-4H3. The minimum absolute atomic E-state index is 0.279. The lowest BCUT2D eigenvalue weighted by Gasteiger charge is -2.02. The Kier molecular flexibility index (Phi) is 6.81. The van der Waals surface area contributed by atoms with Crippen LogP contribution in [0.1, 0.15) is 33.6 Å². The van der Waals surface area contributed by atoms with Crippen molar-refractivity contribution >= 4 is 5.97 Å². The number of carbonyl (C=O) groups excluding carboxylic acids is 1. The molecule has 0 aliphatic heterocycles. The molecule has 0 fully saturated rings. The first-order valence-corrected chi connectivity index (χ1v) is 4.95. The quantitative estimate of drug-likeness (QED) is 0.383. The molecule has 0 aromatic rings. The number of allylic oxidation sites excluding steroid dienone is 3. The number of hydrogen-bond acceptors (Lipinski definition) is 2. The number of hydrogen-bond donors (Lipinski definition) is 0. The van der Waals surface area contributed by atoms with Crippen LogP contribution in [-0.4, -0.2) is 13.1 Å². The Hall–Kier alpha value is -1.05. The van der Waals surface area contributed by atoms with Crippen molar-refractivity contribution in [2.75, 3.05) is 7.11 Å². The van der Waals surface area contributed by atoms with Crippen molar-refractivity contribution in [2.45, 2.75) is 33.6 Å². The van der Waals surface area contributed by atoms with E-state index in [0.717, 1.165) is 12.8 Å². The van der Waals surface area contributed by atoms with Crippen LogP contribution >= 0.6 is 0 Å². The first-order chi connectivity index (χ1) is 6.56. The van der Waals surface area contributed by atoms with Crippen LogP contribution in [0.3, 0.4) is 0 Å². The molecule has 0 aromatic heterocycles. The summed E-state index contributed by atoms with van der Waals surface area (Å²) < 4.78 is 4.51. The van der Waals surface area contributed by atoms with Crippen LogP contribution in [0.4, 0.5) is 0 Å². The Morgan fingerprint density at radius 2 is 2.07 bits per heavy atom. The van der Waals surface area contributed by atoms with Crippen LogP contribution in [-0.2, 0) is 9.53 Å². The van der Waals surface area contributed by atoms with E-state index in [0.29, 0.717) is 5.92 Å². The van der Waals surface area contributed by atoms with E-state index < -0.39 is 0 Å². The molecule has 0 radical (unpaired) electrons. The molecule has 0 heterocycles. The predicted octanol–water partition coefficient (Wildman–Crippen LogP) is 3.10. The SMILES string of the molecule is COC(=O)C=CC(C)CCC=C(C)C. The molecule has 0 saturated carbocycles. The van der Waals surface area contributed by atoms with Gasteiger partial charge in [-0.25, -0.2) is 4.79 Å². The van der Waals surface area contributed by atoms with E-state index in [2.05, 4.69) is 31.6 Å². The van der Waals surface area contributed by atoms with E-state index in [1.54, 1.807) is 0 Å². The zero-order chi connectivity index (χ0) is 11.0. The number of methoxy groups -OCH3 is 1. The highest BCUT2D eigenvalue weighted by Gasteiger charge is 1.97. The molecule has 0 spiro atoms. The summed E-state index contributed by atoms with van der Waals surface area (Å²) in [5, 5.41) is 0. The van der Waals surface area contributed by atoms with Gasteiger partial charge in [-0.1, -0.05) is 24.6 Å². The number of ether oxygens (including phenoxy) is 1. The smallest absolute Gasteiger partial charge is 0.330 e. The van der Waals surface area contributed by atoms with Crippen LogP contribution in [0.25, 0.3) is 0 Å². The first-order valence-electron chi connectivity index (χ1n) is 4.95. The van der Waals surface area contributed by atoms with Crippen LogP contribution < -0.4 is 0 Å². The molecular formula is C12H20O2. The minimum Gasteiger partial charge on any atom is -0.466 e. The lowest BCUT2D eigenvalue weighted by atomic mass is 10.0. The van der Waals surface area contributed by atoms with Gasteiger partial charge < -0.3 is 4.74 Å². The Labute approximate surface area is 86.6 Å². The molecule has 1 unspecified atom stereocenters. The fourth-order valence-corrected chi connectivity index (χ4v) is 1.04. The van der Waals surface area contributed by atoms with Crippen molar-refractivity contribution in [1.29, 1.82) is 0 Å². The highest BCUT2D eigenvalue weighted by Crippen LogP contribution is 2.09. The highest BCUT2D eigenvalue weighted by molar-refractivity contribution is 5.81. The van der Waals surface area contributed by atoms with Crippen molar-refractivity contribution in [1.82, 2.24) is 0 Å². The van der Waals surface area contributed by atoms with Crippen molar-refractivity contribution in [3.63, 3.8) is 0 Å². The maximum Gasteiger partial charge on any atom is 0.330 e. The number of esters is 1. The molecule has 0 rings (SSSR count). The van der Waals surface area contributed by atoms with Gasteiger partial charge in [0.2, 0.25) is 0 Å².